The van der Waals surface area contributed by atoms with Gasteiger partial charge in [-0.3, -0.25) is 4.90 Å². The van der Waals surface area contributed by atoms with Crippen LogP contribution in [0.4, 0.5) is 0 Å². The Balaban J connectivity index is 1.42. The molecule has 32 heavy (non-hydrogen) atoms. The summed E-state index contributed by atoms with van der Waals surface area (Å²) in [6, 6.07) is 17.8. The standard InChI is InChI=1S/C28H28ClN3/c1-18(17-31-26-12-6-21-13-14-28(21,26)31)27-19(2)32(23-9-7-22(29)8-10-23)25-16-20(4-3-15-30)5-11-24(25)27/h5,7-11,16,21,26H,1,3-4,6,12-14,17H2,2H3. The Bertz CT molecular complexity index is 1280. The van der Waals surface area contributed by atoms with Gasteiger partial charge in [0, 0.05) is 51.9 Å². The molecule has 4 atom stereocenters. The van der Waals surface area contributed by atoms with Gasteiger partial charge >= 0.3 is 0 Å². The predicted molar refractivity (Wildman–Crippen MR) is 131 cm³/mol. The summed E-state index contributed by atoms with van der Waals surface area (Å²) in [4.78, 5) is 2.74. The van der Waals surface area contributed by atoms with Gasteiger partial charge in [-0.15, -0.1) is 0 Å². The lowest BCUT2D eigenvalue weighted by molar-refractivity contribution is 0.169. The molecule has 0 bridgehead atoms. The monoisotopic (exact) mass is 441 g/mol. The highest BCUT2D eigenvalue weighted by Gasteiger charge is 2.73. The molecule has 4 unspecified atom stereocenters. The van der Waals surface area contributed by atoms with Crippen molar-refractivity contribution in [3.63, 3.8) is 0 Å². The smallest absolute Gasteiger partial charge is 0.0625 e. The summed E-state index contributed by atoms with van der Waals surface area (Å²) in [6.45, 7) is 7.77. The van der Waals surface area contributed by atoms with Crippen LogP contribution in [0.5, 0.6) is 0 Å². The molecule has 6 rings (SSSR count). The lowest BCUT2D eigenvalue weighted by atomic mass is 9.74. The summed E-state index contributed by atoms with van der Waals surface area (Å²) in [5, 5.41) is 11.0. The molecule has 2 saturated carbocycles. The van der Waals surface area contributed by atoms with Gasteiger partial charge in [0.05, 0.1) is 11.6 Å². The molecule has 0 amide bonds. The van der Waals surface area contributed by atoms with E-state index in [0.29, 0.717) is 12.0 Å². The van der Waals surface area contributed by atoms with Crippen LogP contribution in [0, 0.1) is 24.2 Å². The zero-order valence-electron chi connectivity index (χ0n) is 18.6. The SMILES string of the molecule is C=C(CN1C2CCC3CCC321)c1c(C)n(-c2ccc(Cl)cc2)c2cc(CCC#N)ccc12. The number of nitrogens with zero attached hydrogens (tertiary/aromatic N) is 3. The molecular formula is C28H28ClN3. The van der Waals surface area contributed by atoms with Crippen molar-refractivity contribution < 1.29 is 0 Å². The Morgan fingerprint density at radius 1 is 1.19 bits per heavy atom. The van der Waals surface area contributed by atoms with E-state index in [1.807, 2.05) is 12.1 Å². The lowest BCUT2D eigenvalue weighted by Gasteiger charge is -2.36. The third-order valence-electron chi connectivity index (χ3n) is 8.40. The van der Waals surface area contributed by atoms with E-state index in [2.05, 4.69) is 59.4 Å². The quantitative estimate of drug-likeness (QED) is 0.399. The number of halogens is 1. The van der Waals surface area contributed by atoms with Gasteiger partial charge in [0.15, 0.2) is 0 Å². The second-order valence-electron chi connectivity index (χ2n) is 9.83. The average Bonchev–Trinajstić information content (AvgIpc) is 3.21. The van der Waals surface area contributed by atoms with Gasteiger partial charge in [0.25, 0.3) is 0 Å². The van der Waals surface area contributed by atoms with E-state index in [4.69, 9.17) is 16.9 Å². The second kappa shape index (κ2) is 7.24. The number of hydrogen-bond acceptors (Lipinski definition) is 2. The Hall–Kier alpha value is -2.54. The van der Waals surface area contributed by atoms with E-state index >= 15 is 0 Å². The fourth-order valence-electron chi connectivity index (χ4n) is 6.82. The number of aromatic nitrogens is 1. The van der Waals surface area contributed by atoms with Gasteiger partial charge in [-0.05, 0) is 86.4 Å². The maximum Gasteiger partial charge on any atom is 0.0625 e. The van der Waals surface area contributed by atoms with Crippen LogP contribution in [0.2, 0.25) is 5.02 Å². The largest absolute Gasteiger partial charge is 0.313 e. The van der Waals surface area contributed by atoms with Crippen LogP contribution in [-0.2, 0) is 6.42 Å². The van der Waals surface area contributed by atoms with Gasteiger partial charge in [-0.1, -0.05) is 30.3 Å². The summed E-state index contributed by atoms with van der Waals surface area (Å²) < 4.78 is 2.33. The normalized spacial score (nSPS) is 27.5. The van der Waals surface area contributed by atoms with E-state index in [-0.39, 0.29) is 0 Å². The number of piperidine rings is 1. The summed E-state index contributed by atoms with van der Waals surface area (Å²) in [5.74, 6) is 0.930. The Kier molecular flexibility index (Phi) is 4.54. The van der Waals surface area contributed by atoms with Crippen molar-refractivity contribution in [1.29, 1.82) is 5.26 Å². The van der Waals surface area contributed by atoms with Gasteiger partial charge in [-0.25, -0.2) is 0 Å². The fourth-order valence-corrected chi connectivity index (χ4v) is 6.95. The highest BCUT2D eigenvalue weighted by atomic mass is 35.5. The average molecular weight is 442 g/mol. The molecule has 1 aliphatic heterocycles. The van der Waals surface area contributed by atoms with Gasteiger partial charge in [0.1, 0.15) is 0 Å². The van der Waals surface area contributed by atoms with Gasteiger partial charge < -0.3 is 4.57 Å². The molecule has 1 saturated heterocycles. The Morgan fingerprint density at radius 3 is 2.69 bits per heavy atom. The first-order valence-corrected chi connectivity index (χ1v) is 12.1. The first-order chi connectivity index (χ1) is 15.5. The van der Waals surface area contributed by atoms with Crippen molar-refractivity contribution in [3.8, 4) is 11.8 Å². The van der Waals surface area contributed by atoms with Crippen molar-refractivity contribution in [2.75, 3.05) is 6.54 Å². The van der Waals surface area contributed by atoms with E-state index in [1.54, 1.807) is 0 Å². The van der Waals surface area contributed by atoms with Crippen molar-refractivity contribution in [3.05, 3.63) is 70.9 Å². The molecule has 3 nitrogen and oxygen atoms in total. The molecule has 3 fully saturated rings. The number of hydrogen-bond donors (Lipinski definition) is 0. The van der Waals surface area contributed by atoms with Gasteiger partial charge in [-0.2, -0.15) is 5.26 Å². The van der Waals surface area contributed by atoms with Crippen LogP contribution in [0.15, 0.2) is 49.0 Å². The molecule has 4 heteroatoms. The van der Waals surface area contributed by atoms with Crippen LogP contribution in [0.1, 0.15) is 48.9 Å². The maximum atomic E-state index is 9.04. The molecule has 1 aromatic heterocycles. The highest BCUT2D eigenvalue weighted by Crippen LogP contribution is 2.67. The van der Waals surface area contributed by atoms with Crippen molar-refractivity contribution in [1.82, 2.24) is 9.47 Å². The fraction of sp³-hybridized carbons (Fsp3) is 0.393. The van der Waals surface area contributed by atoms with Crippen LogP contribution in [0.25, 0.3) is 22.2 Å². The summed E-state index contributed by atoms with van der Waals surface area (Å²) in [7, 11) is 0. The van der Waals surface area contributed by atoms with E-state index < -0.39 is 0 Å². The number of rotatable bonds is 6. The first kappa shape index (κ1) is 20.1. The molecule has 3 aliphatic rings. The third kappa shape index (κ3) is 2.76. The molecule has 0 N–H and O–H groups in total. The maximum absolute atomic E-state index is 9.04. The summed E-state index contributed by atoms with van der Waals surface area (Å²) in [5.41, 5.74) is 7.73. The molecule has 162 valence electrons. The minimum atomic E-state index is 0.524. The third-order valence-corrected chi connectivity index (χ3v) is 8.66. The van der Waals surface area contributed by atoms with E-state index in [9.17, 15) is 0 Å². The molecule has 1 spiro atoms. The molecule has 0 radical (unpaired) electrons. The number of fused-ring (bicyclic) bond motifs is 1. The summed E-state index contributed by atoms with van der Waals surface area (Å²) >= 11 is 6.18. The van der Waals surface area contributed by atoms with Crippen molar-refractivity contribution in [2.45, 2.75) is 57.0 Å². The predicted octanol–water partition coefficient (Wildman–Crippen LogP) is 6.69. The van der Waals surface area contributed by atoms with Crippen molar-refractivity contribution >= 4 is 28.1 Å². The number of benzene rings is 2. The second-order valence-corrected chi connectivity index (χ2v) is 10.3. The Labute approximate surface area is 194 Å². The first-order valence-electron chi connectivity index (χ1n) is 11.8. The van der Waals surface area contributed by atoms with Crippen molar-refractivity contribution in [2.24, 2.45) is 5.92 Å². The van der Waals surface area contributed by atoms with Gasteiger partial charge in [0.2, 0.25) is 0 Å². The zero-order chi connectivity index (χ0) is 22.0. The minimum Gasteiger partial charge on any atom is -0.313 e. The lowest BCUT2D eigenvalue weighted by Crippen LogP contribution is -2.37. The number of likely N-dealkylation sites (tertiary alicyclic amines) is 1. The van der Waals surface area contributed by atoms with E-state index in [0.717, 1.165) is 35.6 Å². The topological polar surface area (TPSA) is 31.7 Å². The molecular weight excluding hydrogens is 414 g/mol. The molecule has 2 aromatic carbocycles. The highest BCUT2D eigenvalue weighted by molar-refractivity contribution is 6.30. The van der Waals surface area contributed by atoms with Crippen LogP contribution < -0.4 is 0 Å². The van der Waals surface area contributed by atoms with Crippen LogP contribution in [0.3, 0.4) is 0 Å². The van der Waals surface area contributed by atoms with Crippen LogP contribution >= 0.6 is 11.6 Å². The summed E-state index contributed by atoms with van der Waals surface area (Å²) in [6.07, 6.45) is 6.89. The number of nitriles is 1. The zero-order valence-corrected chi connectivity index (χ0v) is 19.3. The molecule has 2 aliphatic carbocycles. The van der Waals surface area contributed by atoms with Crippen LogP contribution in [-0.4, -0.2) is 27.6 Å². The number of aryl methyl sites for hydroxylation is 1. The Morgan fingerprint density at radius 2 is 2.00 bits per heavy atom. The molecule has 3 aromatic rings. The minimum absolute atomic E-state index is 0.524. The van der Waals surface area contributed by atoms with E-state index in [1.165, 1.54) is 59.0 Å². The molecule has 2 heterocycles.